The molecule has 0 heterocycles. The van der Waals surface area contributed by atoms with Crippen LogP contribution in [0.3, 0.4) is 0 Å². The van der Waals surface area contributed by atoms with Gasteiger partial charge in [0.25, 0.3) is 0 Å². The van der Waals surface area contributed by atoms with Crippen LogP contribution in [0.15, 0.2) is 47.5 Å². The van der Waals surface area contributed by atoms with Crippen LogP contribution in [-0.2, 0) is 0 Å². The van der Waals surface area contributed by atoms with Crippen molar-refractivity contribution in [3.8, 4) is 0 Å². The second kappa shape index (κ2) is 5.54. The molecule has 0 saturated heterocycles. The molecular weight excluding hydrogens is 277 g/mol. The van der Waals surface area contributed by atoms with Gasteiger partial charge in [0.2, 0.25) is 0 Å². The molecule has 0 aromatic heterocycles. The van der Waals surface area contributed by atoms with Gasteiger partial charge in [0.1, 0.15) is 0 Å². The van der Waals surface area contributed by atoms with Gasteiger partial charge < -0.3 is 0 Å². The monoisotopic (exact) mass is 283 g/mol. The summed E-state index contributed by atoms with van der Waals surface area (Å²) in [4.78, 5) is 4.28. The van der Waals surface area contributed by atoms with Gasteiger partial charge in [-0.15, -0.1) is 0 Å². The second-order valence-electron chi connectivity index (χ2n) is 3.38. The van der Waals surface area contributed by atoms with Crippen LogP contribution in [0.2, 0.25) is 15.1 Å². The van der Waals surface area contributed by atoms with E-state index < -0.39 is 0 Å². The van der Waals surface area contributed by atoms with Crippen LogP contribution in [0, 0.1) is 0 Å². The summed E-state index contributed by atoms with van der Waals surface area (Å²) in [5, 5.41) is 1.82. The molecule has 0 atom stereocenters. The molecule has 1 nitrogen and oxygen atoms in total. The Hall–Kier alpha value is -1.02. The zero-order valence-corrected chi connectivity index (χ0v) is 11.0. The normalized spacial score (nSPS) is 11.0. The van der Waals surface area contributed by atoms with E-state index in [1.54, 1.807) is 30.5 Å². The third kappa shape index (κ3) is 3.22. The fourth-order valence-corrected chi connectivity index (χ4v) is 1.84. The van der Waals surface area contributed by atoms with Crippen molar-refractivity contribution in [2.75, 3.05) is 0 Å². The molecule has 0 N–H and O–H groups in total. The summed E-state index contributed by atoms with van der Waals surface area (Å²) in [6.45, 7) is 0. The van der Waals surface area contributed by atoms with Gasteiger partial charge in [0, 0.05) is 21.8 Å². The van der Waals surface area contributed by atoms with E-state index in [1.807, 2.05) is 18.2 Å². The molecule has 0 saturated carbocycles. The highest BCUT2D eigenvalue weighted by atomic mass is 35.5. The van der Waals surface area contributed by atoms with Crippen LogP contribution in [0.5, 0.6) is 0 Å². The molecule has 0 aliphatic rings. The van der Waals surface area contributed by atoms with E-state index >= 15 is 0 Å². The summed E-state index contributed by atoms with van der Waals surface area (Å²) in [5.74, 6) is 0. The third-order valence-corrected chi connectivity index (χ3v) is 3.05. The predicted molar refractivity (Wildman–Crippen MR) is 75.2 cm³/mol. The lowest BCUT2D eigenvalue weighted by Gasteiger charge is -1.99. The lowest BCUT2D eigenvalue weighted by atomic mass is 10.2. The van der Waals surface area contributed by atoms with Gasteiger partial charge in [0.05, 0.1) is 10.7 Å². The van der Waals surface area contributed by atoms with Gasteiger partial charge in [-0.2, -0.15) is 0 Å². The van der Waals surface area contributed by atoms with E-state index in [4.69, 9.17) is 34.8 Å². The van der Waals surface area contributed by atoms with Crippen molar-refractivity contribution in [3.05, 3.63) is 63.1 Å². The summed E-state index contributed by atoms with van der Waals surface area (Å²) < 4.78 is 0. The first-order valence-electron chi connectivity index (χ1n) is 4.90. The average Bonchev–Trinajstić information content (AvgIpc) is 2.32. The van der Waals surface area contributed by atoms with Crippen LogP contribution >= 0.6 is 34.8 Å². The molecule has 4 heteroatoms. The summed E-state index contributed by atoms with van der Waals surface area (Å²) in [6.07, 6.45) is 1.65. The molecule has 2 rings (SSSR count). The van der Waals surface area contributed by atoms with E-state index in [9.17, 15) is 0 Å². The van der Waals surface area contributed by atoms with Gasteiger partial charge in [-0.05, 0) is 30.3 Å². The highest BCUT2D eigenvalue weighted by Gasteiger charge is 1.99. The topological polar surface area (TPSA) is 12.4 Å². The van der Waals surface area contributed by atoms with Crippen molar-refractivity contribution >= 4 is 46.7 Å². The molecule has 0 spiro atoms. The first-order chi connectivity index (χ1) is 8.16. The Morgan fingerprint density at radius 2 is 1.65 bits per heavy atom. The SMILES string of the molecule is Clc1ccc(Cl)c(/C=N/c2ccccc2Cl)c1. The quantitative estimate of drug-likeness (QED) is 0.655. The van der Waals surface area contributed by atoms with E-state index in [0.29, 0.717) is 20.8 Å². The van der Waals surface area contributed by atoms with Crippen LogP contribution in [0.4, 0.5) is 5.69 Å². The van der Waals surface area contributed by atoms with E-state index in [-0.39, 0.29) is 0 Å². The van der Waals surface area contributed by atoms with E-state index in [1.165, 1.54) is 0 Å². The largest absolute Gasteiger partial charge is 0.255 e. The number of hydrogen-bond acceptors (Lipinski definition) is 1. The molecular formula is C13H8Cl3N. The van der Waals surface area contributed by atoms with Crippen LogP contribution in [0.1, 0.15) is 5.56 Å². The summed E-state index contributed by atoms with van der Waals surface area (Å²) >= 11 is 17.9. The molecule has 86 valence electrons. The first kappa shape index (κ1) is 12.4. The standard InChI is InChI=1S/C13H8Cl3N/c14-10-5-6-11(15)9(7-10)8-17-13-4-2-1-3-12(13)16/h1-8H/b17-8+. The van der Waals surface area contributed by atoms with Crippen molar-refractivity contribution in [1.29, 1.82) is 0 Å². The molecule has 0 fully saturated rings. The fraction of sp³-hybridized carbons (Fsp3) is 0. The number of benzene rings is 2. The number of halogens is 3. The summed E-state index contributed by atoms with van der Waals surface area (Å²) in [6, 6.07) is 12.6. The Labute approximate surface area is 115 Å². The Morgan fingerprint density at radius 1 is 0.882 bits per heavy atom. The lowest BCUT2D eigenvalue weighted by molar-refractivity contribution is 1.52. The van der Waals surface area contributed by atoms with Gasteiger partial charge in [-0.3, -0.25) is 4.99 Å². The van der Waals surface area contributed by atoms with Crippen LogP contribution < -0.4 is 0 Å². The molecule has 2 aromatic rings. The molecule has 2 aromatic carbocycles. The highest BCUT2D eigenvalue weighted by Crippen LogP contribution is 2.25. The third-order valence-electron chi connectivity index (χ3n) is 2.15. The summed E-state index contributed by atoms with van der Waals surface area (Å²) in [7, 11) is 0. The molecule has 0 radical (unpaired) electrons. The zero-order chi connectivity index (χ0) is 12.3. The minimum absolute atomic E-state index is 0.599. The number of rotatable bonds is 2. The Bertz CT molecular complexity index is 564. The minimum atomic E-state index is 0.599. The average molecular weight is 285 g/mol. The smallest absolute Gasteiger partial charge is 0.0816 e. The Kier molecular flexibility index (Phi) is 4.06. The van der Waals surface area contributed by atoms with Gasteiger partial charge >= 0.3 is 0 Å². The Morgan fingerprint density at radius 3 is 2.41 bits per heavy atom. The van der Waals surface area contributed by atoms with Gasteiger partial charge in [-0.25, -0.2) is 0 Å². The number of nitrogens with zero attached hydrogens (tertiary/aromatic N) is 1. The molecule has 17 heavy (non-hydrogen) atoms. The first-order valence-corrected chi connectivity index (χ1v) is 6.04. The molecule has 0 bridgehead atoms. The maximum Gasteiger partial charge on any atom is 0.0816 e. The fourth-order valence-electron chi connectivity index (χ4n) is 1.31. The number of aliphatic imine (C=N–C) groups is 1. The lowest BCUT2D eigenvalue weighted by Crippen LogP contribution is -1.82. The van der Waals surface area contributed by atoms with Crippen LogP contribution in [0.25, 0.3) is 0 Å². The van der Waals surface area contributed by atoms with Gasteiger partial charge in [0.15, 0.2) is 0 Å². The van der Waals surface area contributed by atoms with Crippen molar-refractivity contribution in [1.82, 2.24) is 0 Å². The van der Waals surface area contributed by atoms with Crippen molar-refractivity contribution < 1.29 is 0 Å². The van der Waals surface area contributed by atoms with Crippen LogP contribution in [-0.4, -0.2) is 6.21 Å². The maximum atomic E-state index is 6.02. The highest BCUT2D eigenvalue weighted by molar-refractivity contribution is 6.35. The number of para-hydroxylation sites is 1. The Balaban J connectivity index is 2.32. The summed E-state index contributed by atoms with van der Waals surface area (Å²) in [5.41, 5.74) is 1.46. The van der Waals surface area contributed by atoms with Crippen molar-refractivity contribution in [3.63, 3.8) is 0 Å². The predicted octanol–water partition coefficient (Wildman–Crippen LogP) is 5.40. The molecule has 0 unspecified atom stereocenters. The molecule has 0 aliphatic carbocycles. The second-order valence-corrected chi connectivity index (χ2v) is 4.63. The zero-order valence-electron chi connectivity index (χ0n) is 8.70. The van der Waals surface area contributed by atoms with Crippen molar-refractivity contribution in [2.45, 2.75) is 0 Å². The maximum absolute atomic E-state index is 6.02. The van der Waals surface area contributed by atoms with Gasteiger partial charge in [-0.1, -0.05) is 46.9 Å². The van der Waals surface area contributed by atoms with Crippen molar-refractivity contribution in [2.24, 2.45) is 4.99 Å². The van der Waals surface area contributed by atoms with E-state index in [0.717, 1.165) is 5.56 Å². The number of hydrogen-bond donors (Lipinski definition) is 0. The molecule has 0 amide bonds. The molecule has 0 aliphatic heterocycles. The minimum Gasteiger partial charge on any atom is -0.255 e. The van der Waals surface area contributed by atoms with E-state index in [2.05, 4.69) is 4.99 Å².